The Morgan fingerprint density at radius 3 is 2.56 bits per heavy atom. The molecule has 0 bridgehead atoms. The standard InChI is InChI=1S/C19H15I2NO4S/c1-11-3-2-4-13(7-11)26-6-5-22-18(24)16(27-19(22)25)10-12-8-14(20)17(23)15(21)9-12/h2-4,7-10,23H,5-6H2,1H3/b16-10-. The van der Waals surface area contributed by atoms with Crippen LogP contribution >= 0.6 is 56.9 Å². The van der Waals surface area contributed by atoms with Crippen molar-refractivity contribution in [1.82, 2.24) is 4.90 Å². The van der Waals surface area contributed by atoms with Gasteiger partial charge in [0.25, 0.3) is 11.1 Å². The molecule has 0 aliphatic carbocycles. The Labute approximate surface area is 188 Å². The molecule has 140 valence electrons. The molecule has 0 aromatic heterocycles. The fourth-order valence-corrected chi connectivity index (χ4v) is 5.15. The molecule has 2 aromatic rings. The van der Waals surface area contributed by atoms with Gasteiger partial charge in [0.05, 0.1) is 18.6 Å². The Balaban J connectivity index is 1.67. The number of halogens is 2. The summed E-state index contributed by atoms with van der Waals surface area (Å²) in [7, 11) is 0. The van der Waals surface area contributed by atoms with Gasteiger partial charge in [-0.2, -0.15) is 0 Å². The summed E-state index contributed by atoms with van der Waals surface area (Å²) < 4.78 is 7.02. The topological polar surface area (TPSA) is 66.8 Å². The summed E-state index contributed by atoms with van der Waals surface area (Å²) in [5, 5.41) is 9.55. The fraction of sp³-hybridized carbons (Fsp3) is 0.158. The van der Waals surface area contributed by atoms with Gasteiger partial charge in [-0.15, -0.1) is 0 Å². The number of thioether (sulfide) groups is 1. The van der Waals surface area contributed by atoms with Crippen LogP contribution in [-0.4, -0.2) is 34.3 Å². The molecule has 0 unspecified atom stereocenters. The predicted molar refractivity (Wildman–Crippen MR) is 123 cm³/mol. The molecule has 0 atom stereocenters. The van der Waals surface area contributed by atoms with Gasteiger partial charge in [0.2, 0.25) is 0 Å². The fourth-order valence-electron chi connectivity index (χ4n) is 2.47. The molecule has 5 nitrogen and oxygen atoms in total. The second-order valence-electron chi connectivity index (χ2n) is 5.83. The number of aryl methyl sites for hydroxylation is 1. The number of hydrogen-bond acceptors (Lipinski definition) is 5. The van der Waals surface area contributed by atoms with E-state index in [1.165, 1.54) is 4.90 Å². The average molecular weight is 607 g/mol. The lowest BCUT2D eigenvalue weighted by Gasteiger charge is -2.13. The number of rotatable bonds is 5. The number of aromatic hydroxyl groups is 1. The van der Waals surface area contributed by atoms with Crippen LogP contribution in [0.15, 0.2) is 41.3 Å². The van der Waals surface area contributed by atoms with E-state index in [-0.39, 0.29) is 30.0 Å². The van der Waals surface area contributed by atoms with Crippen molar-refractivity contribution >= 4 is 74.2 Å². The van der Waals surface area contributed by atoms with Crippen LogP contribution in [0.2, 0.25) is 0 Å². The van der Waals surface area contributed by atoms with Crippen molar-refractivity contribution in [1.29, 1.82) is 0 Å². The molecule has 3 rings (SSSR count). The zero-order chi connectivity index (χ0) is 19.6. The third-order valence-corrected chi connectivity index (χ3v) is 6.34. The number of benzene rings is 2. The number of hydrogen-bond donors (Lipinski definition) is 1. The van der Waals surface area contributed by atoms with Gasteiger partial charge < -0.3 is 9.84 Å². The molecule has 0 saturated carbocycles. The lowest BCUT2D eigenvalue weighted by molar-refractivity contribution is -0.123. The average Bonchev–Trinajstić information content (AvgIpc) is 2.87. The van der Waals surface area contributed by atoms with Gasteiger partial charge in [-0.05, 0) is 105 Å². The van der Waals surface area contributed by atoms with Crippen LogP contribution in [0.5, 0.6) is 11.5 Å². The Kier molecular flexibility index (Phi) is 6.69. The van der Waals surface area contributed by atoms with Crippen molar-refractivity contribution < 1.29 is 19.4 Å². The van der Waals surface area contributed by atoms with Crippen LogP contribution in [0.4, 0.5) is 4.79 Å². The van der Waals surface area contributed by atoms with Crippen LogP contribution in [0.3, 0.4) is 0 Å². The Morgan fingerprint density at radius 2 is 1.89 bits per heavy atom. The molecule has 1 N–H and O–H groups in total. The van der Waals surface area contributed by atoms with Gasteiger partial charge >= 0.3 is 0 Å². The maximum Gasteiger partial charge on any atom is 0.293 e. The third-order valence-electron chi connectivity index (χ3n) is 3.78. The van der Waals surface area contributed by atoms with Crippen LogP contribution in [0.25, 0.3) is 6.08 Å². The van der Waals surface area contributed by atoms with Crippen LogP contribution in [0.1, 0.15) is 11.1 Å². The third kappa shape index (κ3) is 4.96. The zero-order valence-corrected chi connectivity index (χ0v) is 19.4. The summed E-state index contributed by atoms with van der Waals surface area (Å²) in [5.41, 5.74) is 1.85. The number of amides is 2. The van der Waals surface area contributed by atoms with Gasteiger partial charge in [0, 0.05) is 0 Å². The number of phenols is 1. The maximum atomic E-state index is 12.6. The van der Waals surface area contributed by atoms with E-state index in [0.717, 1.165) is 22.9 Å². The minimum absolute atomic E-state index is 0.195. The van der Waals surface area contributed by atoms with Crippen molar-refractivity contribution in [3.8, 4) is 11.5 Å². The molecule has 2 amide bonds. The number of phenolic OH excluding ortho intramolecular Hbond substituents is 1. The van der Waals surface area contributed by atoms with E-state index in [0.29, 0.717) is 17.8 Å². The normalized spacial score (nSPS) is 15.7. The Hall–Kier alpha value is -1.27. The predicted octanol–water partition coefficient (Wildman–Crippen LogP) is 5.03. The number of nitrogens with zero attached hydrogens (tertiary/aromatic N) is 1. The summed E-state index contributed by atoms with van der Waals surface area (Å²) >= 11 is 4.98. The summed E-state index contributed by atoms with van der Waals surface area (Å²) in [6.45, 7) is 2.41. The first-order valence-corrected chi connectivity index (χ1v) is 11.0. The highest BCUT2D eigenvalue weighted by Crippen LogP contribution is 2.34. The number of carbonyl (C=O) groups excluding carboxylic acids is 2. The van der Waals surface area contributed by atoms with Gasteiger partial charge in [-0.25, -0.2) is 0 Å². The smallest absolute Gasteiger partial charge is 0.293 e. The molecule has 2 aromatic carbocycles. The van der Waals surface area contributed by atoms with Crippen molar-refractivity contribution in [3.63, 3.8) is 0 Å². The SMILES string of the molecule is Cc1cccc(OCCN2C(=O)S/C(=C\c3cc(I)c(O)c(I)c3)C2=O)c1. The first-order valence-electron chi connectivity index (χ1n) is 7.98. The molecule has 1 heterocycles. The Morgan fingerprint density at radius 1 is 1.19 bits per heavy atom. The highest BCUT2D eigenvalue weighted by molar-refractivity contribution is 14.1. The van der Waals surface area contributed by atoms with Crippen molar-refractivity contribution in [2.24, 2.45) is 0 Å². The first kappa shape index (κ1) is 20.5. The van der Waals surface area contributed by atoms with E-state index in [1.807, 2.05) is 76.4 Å². The van der Waals surface area contributed by atoms with E-state index >= 15 is 0 Å². The number of imide groups is 1. The van der Waals surface area contributed by atoms with Crippen LogP contribution in [0, 0.1) is 14.1 Å². The molecular formula is C19H15I2NO4S. The van der Waals surface area contributed by atoms with Gasteiger partial charge in [0.15, 0.2) is 0 Å². The molecule has 1 aliphatic rings. The number of carbonyl (C=O) groups is 2. The minimum atomic E-state index is -0.323. The van der Waals surface area contributed by atoms with E-state index < -0.39 is 0 Å². The van der Waals surface area contributed by atoms with Gasteiger partial charge in [0.1, 0.15) is 18.1 Å². The molecule has 1 saturated heterocycles. The van der Waals surface area contributed by atoms with Crippen LogP contribution in [-0.2, 0) is 4.79 Å². The van der Waals surface area contributed by atoms with E-state index in [1.54, 1.807) is 18.2 Å². The lowest BCUT2D eigenvalue weighted by Crippen LogP contribution is -2.32. The van der Waals surface area contributed by atoms with Crippen molar-refractivity contribution in [3.05, 3.63) is 59.6 Å². The second-order valence-corrected chi connectivity index (χ2v) is 9.15. The molecule has 0 spiro atoms. The van der Waals surface area contributed by atoms with Gasteiger partial charge in [-0.3, -0.25) is 14.5 Å². The monoisotopic (exact) mass is 607 g/mol. The molecule has 27 heavy (non-hydrogen) atoms. The highest BCUT2D eigenvalue weighted by Gasteiger charge is 2.34. The molecular weight excluding hydrogens is 592 g/mol. The van der Waals surface area contributed by atoms with Crippen molar-refractivity contribution in [2.75, 3.05) is 13.2 Å². The first-order chi connectivity index (χ1) is 12.8. The summed E-state index contributed by atoms with van der Waals surface area (Å²) in [5.74, 6) is 0.608. The Bertz CT molecular complexity index is 922. The summed E-state index contributed by atoms with van der Waals surface area (Å²) in [6, 6.07) is 11.2. The second kappa shape index (κ2) is 8.82. The molecule has 1 aliphatic heterocycles. The van der Waals surface area contributed by atoms with E-state index in [2.05, 4.69) is 0 Å². The largest absolute Gasteiger partial charge is 0.506 e. The van der Waals surface area contributed by atoms with E-state index in [4.69, 9.17) is 4.74 Å². The zero-order valence-electron chi connectivity index (χ0n) is 14.2. The van der Waals surface area contributed by atoms with Crippen LogP contribution < -0.4 is 4.74 Å². The number of ether oxygens (including phenoxy) is 1. The molecule has 1 fully saturated rings. The molecule has 8 heteroatoms. The van der Waals surface area contributed by atoms with E-state index in [9.17, 15) is 14.7 Å². The molecule has 0 radical (unpaired) electrons. The minimum Gasteiger partial charge on any atom is -0.506 e. The highest BCUT2D eigenvalue weighted by atomic mass is 127. The summed E-state index contributed by atoms with van der Waals surface area (Å²) in [4.78, 5) is 26.3. The van der Waals surface area contributed by atoms with Crippen molar-refractivity contribution in [2.45, 2.75) is 6.92 Å². The quantitative estimate of drug-likeness (QED) is 0.382. The maximum absolute atomic E-state index is 12.6. The summed E-state index contributed by atoms with van der Waals surface area (Å²) in [6.07, 6.45) is 1.68. The lowest BCUT2D eigenvalue weighted by atomic mass is 10.2. The van der Waals surface area contributed by atoms with Gasteiger partial charge in [-0.1, -0.05) is 12.1 Å².